The van der Waals surface area contributed by atoms with E-state index in [4.69, 9.17) is 0 Å². The van der Waals surface area contributed by atoms with Crippen molar-refractivity contribution in [2.75, 3.05) is 0 Å². The van der Waals surface area contributed by atoms with Crippen LogP contribution in [0.5, 0.6) is 0 Å². The number of aldehydes is 1. The largest absolute Gasteiger partial charge is 0.313 e. The van der Waals surface area contributed by atoms with E-state index in [1.54, 1.807) is 12.4 Å². The summed E-state index contributed by atoms with van der Waals surface area (Å²) in [6.45, 7) is 0. The molecule has 4 heteroatoms. The van der Waals surface area contributed by atoms with Crippen molar-refractivity contribution >= 4 is 38.6 Å². The highest BCUT2D eigenvalue weighted by atomic mass is 79.9. The SMILES string of the molecule is O=Cc1c2cc(Br)ccc2n2ccncc12. The van der Waals surface area contributed by atoms with E-state index in [-0.39, 0.29) is 0 Å². The lowest BCUT2D eigenvalue weighted by atomic mass is 10.2. The fourth-order valence-corrected chi connectivity index (χ4v) is 2.33. The molecule has 2 heterocycles. The zero-order valence-electron chi connectivity index (χ0n) is 8.22. The molecule has 0 spiro atoms. The van der Waals surface area contributed by atoms with E-state index in [2.05, 4.69) is 20.9 Å². The maximum absolute atomic E-state index is 11.2. The lowest BCUT2D eigenvalue weighted by Gasteiger charge is -1.95. The number of hydrogen-bond acceptors (Lipinski definition) is 2. The van der Waals surface area contributed by atoms with Crippen LogP contribution in [0.3, 0.4) is 0 Å². The predicted octanol–water partition coefficient (Wildman–Crippen LogP) is 3.06. The Hall–Kier alpha value is -1.68. The van der Waals surface area contributed by atoms with Crippen molar-refractivity contribution in [3.63, 3.8) is 0 Å². The van der Waals surface area contributed by atoms with Gasteiger partial charge in [-0.3, -0.25) is 9.78 Å². The topological polar surface area (TPSA) is 34.4 Å². The first-order chi connectivity index (χ1) is 7.81. The van der Waals surface area contributed by atoms with Crippen LogP contribution in [0.2, 0.25) is 0 Å². The Morgan fingerprint density at radius 1 is 1.31 bits per heavy atom. The summed E-state index contributed by atoms with van der Waals surface area (Å²) in [4.78, 5) is 15.2. The van der Waals surface area contributed by atoms with Gasteiger partial charge in [0.1, 0.15) is 0 Å². The Kier molecular flexibility index (Phi) is 2.04. The van der Waals surface area contributed by atoms with Crippen LogP contribution in [0.4, 0.5) is 0 Å². The van der Waals surface area contributed by atoms with Gasteiger partial charge >= 0.3 is 0 Å². The number of benzene rings is 1. The Morgan fingerprint density at radius 2 is 2.19 bits per heavy atom. The third kappa shape index (κ3) is 1.20. The number of carbonyl (C=O) groups excluding carboxylic acids is 1. The Balaban J connectivity index is 2.63. The van der Waals surface area contributed by atoms with Crippen LogP contribution in [-0.2, 0) is 0 Å². The Bertz CT molecular complexity index is 703. The van der Waals surface area contributed by atoms with E-state index in [1.165, 1.54) is 0 Å². The Labute approximate surface area is 99.8 Å². The van der Waals surface area contributed by atoms with Crippen LogP contribution >= 0.6 is 15.9 Å². The lowest BCUT2D eigenvalue weighted by molar-refractivity contribution is 0.112. The van der Waals surface area contributed by atoms with Gasteiger partial charge < -0.3 is 4.40 Å². The molecule has 1 aromatic carbocycles. The van der Waals surface area contributed by atoms with E-state index < -0.39 is 0 Å². The summed E-state index contributed by atoms with van der Waals surface area (Å²) in [6, 6.07) is 5.90. The van der Waals surface area contributed by atoms with Crippen LogP contribution in [0.15, 0.2) is 41.3 Å². The minimum atomic E-state index is 0.685. The molecule has 0 atom stereocenters. The summed E-state index contributed by atoms with van der Waals surface area (Å²) in [7, 11) is 0. The number of hydrogen-bond donors (Lipinski definition) is 0. The molecule has 78 valence electrons. The smallest absolute Gasteiger partial charge is 0.152 e. The summed E-state index contributed by atoms with van der Waals surface area (Å²) < 4.78 is 2.94. The van der Waals surface area contributed by atoms with Gasteiger partial charge in [0, 0.05) is 27.8 Å². The van der Waals surface area contributed by atoms with Gasteiger partial charge in [-0.2, -0.15) is 0 Å². The molecule has 3 rings (SSSR count). The molecule has 16 heavy (non-hydrogen) atoms. The third-order valence-corrected chi connectivity index (χ3v) is 3.15. The first-order valence-corrected chi connectivity index (χ1v) is 5.59. The van der Waals surface area contributed by atoms with Gasteiger partial charge in [-0.05, 0) is 18.2 Å². The molecular weight excluding hydrogens is 268 g/mol. The second-order valence-electron chi connectivity index (χ2n) is 3.52. The van der Waals surface area contributed by atoms with E-state index in [1.807, 2.05) is 28.8 Å². The normalized spacial score (nSPS) is 11.1. The van der Waals surface area contributed by atoms with Crippen molar-refractivity contribution in [1.29, 1.82) is 0 Å². The zero-order valence-corrected chi connectivity index (χ0v) is 9.81. The quantitative estimate of drug-likeness (QED) is 0.640. The van der Waals surface area contributed by atoms with Crippen molar-refractivity contribution in [3.8, 4) is 0 Å². The molecule has 0 radical (unpaired) electrons. The summed E-state index contributed by atoms with van der Waals surface area (Å²) in [6.07, 6.45) is 6.16. The summed E-state index contributed by atoms with van der Waals surface area (Å²) in [5, 5.41) is 0.942. The molecule has 0 fully saturated rings. The molecule has 0 unspecified atom stereocenters. The molecule has 3 aromatic rings. The molecule has 0 bridgehead atoms. The molecule has 2 aromatic heterocycles. The van der Waals surface area contributed by atoms with Gasteiger partial charge in [-0.25, -0.2) is 0 Å². The van der Waals surface area contributed by atoms with Gasteiger partial charge in [-0.15, -0.1) is 0 Å². The third-order valence-electron chi connectivity index (χ3n) is 2.66. The van der Waals surface area contributed by atoms with Crippen molar-refractivity contribution in [3.05, 3.63) is 46.8 Å². The molecule has 0 amide bonds. The van der Waals surface area contributed by atoms with E-state index in [0.29, 0.717) is 5.56 Å². The number of halogens is 1. The lowest BCUT2D eigenvalue weighted by Crippen LogP contribution is -1.84. The average molecular weight is 275 g/mol. The molecule has 3 nitrogen and oxygen atoms in total. The van der Waals surface area contributed by atoms with Gasteiger partial charge in [0.05, 0.1) is 17.2 Å². The monoisotopic (exact) mass is 274 g/mol. The molecule has 0 N–H and O–H groups in total. The average Bonchev–Trinajstić information content (AvgIpc) is 2.61. The number of aromatic nitrogens is 2. The predicted molar refractivity (Wildman–Crippen MR) is 65.8 cm³/mol. The van der Waals surface area contributed by atoms with Crippen molar-refractivity contribution in [2.24, 2.45) is 0 Å². The van der Waals surface area contributed by atoms with Crippen LogP contribution in [-0.4, -0.2) is 15.7 Å². The van der Waals surface area contributed by atoms with Crippen LogP contribution < -0.4 is 0 Å². The number of fused-ring (bicyclic) bond motifs is 3. The second-order valence-corrected chi connectivity index (χ2v) is 4.44. The van der Waals surface area contributed by atoms with Crippen molar-refractivity contribution in [2.45, 2.75) is 0 Å². The number of rotatable bonds is 1. The minimum Gasteiger partial charge on any atom is -0.313 e. The first-order valence-electron chi connectivity index (χ1n) is 4.80. The van der Waals surface area contributed by atoms with Crippen LogP contribution in [0.25, 0.3) is 16.4 Å². The second kappa shape index (κ2) is 3.42. The van der Waals surface area contributed by atoms with Crippen molar-refractivity contribution in [1.82, 2.24) is 9.38 Å². The maximum atomic E-state index is 11.2. The molecule has 0 saturated heterocycles. The van der Waals surface area contributed by atoms with E-state index in [9.17, 15) is 4.79 Å². The first kappa shape index (κ1) is 9.54. The fourth-order valence-electron chi connectivity index (χ4n) is 1.97. The highest BCUT2D eigenvalue weighted by molar-refractivity contribution is 9.10. The van der Waals surface area contributed by atoms with Crippen molar-refractivity contribution < 1.29 is 4.79 Å². The maximum Gasteiger partial charge on any atom is 0.152 e. The fraction of sp³-hybridized carbons (Fsp3) is 0. The van der Waals surface area contributed by atoms with E-state index >= 15 is 0 Å². The highest BCUT2D eigenvalue weighted by Gasteiger charge is 2.10. The number of nitrogens with zero attached hydrogens (tertiary/aromatic N) is 2. The van der Waals surface area contributed by atoms with Gasteiger partial charge in [0.15, 0.2) is 6.29 Å². The summed E-state index contributed by atoms with van der Waals surface area (Å²) in [5.74, 6) is 0. The molecule has 0 aliphatic carbocycles. The molecule has 0 aliphatic rings. The van der Waals surface area contributed by atoms with Crippen LogP contribution in [0, 0.1) is 0 Å². The number of carbonyl (C=O) groups is 1. The summed E-state index contributed by atoms with van der Waals surface area (Å²) in [5.41, 5.74) is 2.54. The molecule has 0 saturated carbocycles. The summed E-state index contributed by atoms with van der Waals surface area (Å²) >= 11 is 3.41. The van der Waals surface area contributed by atoms with Gasteiger partial charge in [0.2, 0.25) is 0 Å². The van der Waals surface area contributed by atoms with E-state index in [0.717, 1.165) is 27.2 Å². The molecular formula is C12H7BrN2O. The highest BCUT2D eigenvalue weighted by Crippen LogP contribution is 2.27. The molecule has 0 aliphatic heterocycles. The standard InChI is InChI=1S/C12H7BrN2O/c13-8-1-2-11-9(5-8)10(7-16)12-6-14-3-4-15(11)12/h1-7H. The zero-order chi connectivity index (χ0) is 11.1. The van der Waals surface area contributed by atoms with Crippen LogP contribution in [0.1, 0.15) is 10.4 Å². The Morgan fingerprint density at radius 3 is 3.00 bits per heavy atom. The minimum absolute atomic E-state index is 0.685. The van der Waals surface area contributed by atoms with Gasteiger partial charge in [-0.1, -0.05) is 15.9 Å². The van der Waals surface area contributed by atoms with Gasteiger partial charge in [0.25, 0.3) is 0 Å².